The second kappa shape index (κ2) is 8.21. The summed E-state index contributed by atoms with van der Waals surface area (Å²) in [4.78, 5) is 39.4. The van der Waals surface area contributed by atoms with E-state index in [0.29, 0.717) is 13.0 Å². The highest BCUT2D eigenvalue weighted by Crippen LogP contribution is 2.29. The number of amides is 3. The Morgan fingerprint density at radius 3 is 2.54 bits per heavy atom. The van der Waals surface area contributed by atoms with Crippen molar-refractivity contribution in [3.05, 3.63) is 24.3 Å². The Hall–Kier alpha value is -2.57. The Balaban J connectivity index is 1.93. The number of carbonyl (C=O) groups is 3. The average molecular weight is 360 g/mol. The molecule has 2 rings (SSSR count). The lowest BCUT2D eigenvalue weighted by Gasteiger charge is -2.24. The maximum Gasteiger partial charge on any atom is 0.242 e. The van der Waals surface area contributed by atoms with E-state index in [9.17, 15) is 14.4 Å². The van der Waals surface area contributed by atoms with Gasteiger partial charge in [-0.25, -0.2) is 0 Å². The first-order chi connectivity index (χ1) is 12.2. The molecule has 1 heterocycles. The molecule has 7 nitrogen and oxygen atoms in total. The summed E-state index contributed by atoms with van der Waals surface area (Å²) in [7, 11) is 1.60. The molecule has 142 valence electrons. The highest BCUT2D eigenvalue weighted by molar-refractivity contribution is 5.98. The molecule has 1 aromatic carbocycles. The number of benzene rings is 1. The molecule has 1 fully saturated rings. The van der Waals surface area contributed by atoms with Crippen molar-refractivity contribution in [1.29, 1.82) is 0 Å². The maximum atomic E-state index is 12.3. The second-order valence-corrected chi connectivity index (χ2v) is 7.57. The molecule has 1 aliphatic heterocycles. The molecule has 3 amide bonds. The summed E-state index contributed by atoms with van der Waals surface area (Å²) in [5.41, 5.74) is 1.19. The zero-order valence-electron chi connectivity index (χ0n) is 16.0. The van der Waals surface area contributed by atoms with Crippen LogP contribution in [0.3, 0.4) is 0 Å². The fraction of sp³-hybridized carbons (Fsp3) is 0.526. The van der Waals surface area contributed by atoms with E-state index in [1.165, 1.54) is 4.90 Å². The monoisotopic (exact) mass is 360 g/mol. The van der Waals surface area contributed by atoms with E-state index in [4.69, 9.17) is 0 Å². The lowest BCUT2D eigenvalue weighted by Crippen LogP contribution is -2.47. The minimum atomic E-state index is -0.333. The van der Waals surface area contributed by atoms with E-state index in [1.807, 2.05) is 45.0 Å². The van der Waals surface area contributed by atoms with Crippen LogP contribution in [-0.4, -0.2) is 54.8 Å². The molecule has 1 aliphatic rings. The van der Waals surface area contributed by atoms with Gasteiger partial charge in [-0.05, 0) is 39.3 Å². The van der Waals surface area contributed by atoms with Gasteiger partial charge in [0.2, 0.25) is 17.7 Å². The Kier molecular flexibility index (Phi) is 6.23. The highest BCUT2D eigenvalue weighted by Gasteiger charge is 2.24. The molecule has 2 N–H and O–H groups in total. The molecule has 0 unspecified atom stereocenters. The summed E-state index contributed by atoms with van der Waals surface area (Å²) < 4.78 is 0. The minimum Gasteiger partial charge on any atom is -0.374 e. The van der Waals surface area contributed by atoms with Crippen LogP contribution >= 0.6 is 0 Å². The van der Waals surface area contributed by atoms with Crippen LogP contribution in [0.15, 0.2) is 24.3 Å². The van der Waals surface area contributed by atoms with Gasteiger partial charge in [0.25, 0.3) is 0 Å². The van der Waals surface area contributed by atoms with Crippen LogP contribution in [-0.2, 0) is 14.4 Å². The van der Waals surface area contributed by atoms with E-state index < -0.39 is 0 Å². The van der Waals surface area contributed by atoms with E-state index in [2.05, 4.69) is 10.6 Å². The largest absolute Gasteiger partial charge is 0.374 e. The third-order valence-electron chi connectivity index (χ3n) is 4.02. The molecule has 1 saturated heterocycles. The Morgan fingerprint density at radius 2 is 1.92 bits per heavy atom. The Bertz CT molecular complexity index is 682. The number of nitrogens with one attached hydrogen (secondary N) is 2. The first-order valence-corrected chi connectivity index (χ1v) is 8.85. The summed E-state index contributed by atoms with van der Waals surface area (Å²) in [5, 5.41) is 5.93. The van der Waals surface area contributed by atoms with Crippen molar-refractivity contribution in [3.8, 4) is 0 Å². The lowest BCUT2D eigenvalue weighted by atomic mass is 10.1. The molecular formula is C19H28N4O3. The molecule has 0 saturated carbocycles. The smallest absolute Gasteiger partial charge is 0.242 e. The summed E-state index contributed by atoms with van der Waals surface area (Å²) >= 11 is 0. The average Bonchev–Trinajstić information content (AvgIpc) is 2.96. The molecule has 0 aromatic heterocycles. The molecule has 7 heteroatoms. The van der Waals surface area contributed by atoms with Crippen LogP contribution in [0.2, 0.25) is 0 Å². The third-order valence-corrected chi connectivity index (χ3v) is 4.02. The Labute approximate surface area is 154 Å². The molecule has 1 aromatic rings. The van der Waals surface area contributed by atoms with Gasteiger partial charge in [-0.3, -0.25) is 14.4 Å². The minimum absolute atomic E-state index is 0.00401. The van der Waals surface area contributed by atoms with Crippen molar-refractivity contribution in [2.24, 2.45) is 0 Å². The van der Waals surface area contributed by atoms with E-state index in [0.717, 1.165) is 17.8 Å². The van der Waals surface area contributed by atoms with Crippen molar-refractivity contribution in [2.75, 3.05) is 36.9 Å². The van der Waals surface area contributed by atoms with Gasteiger partial charge < -0.3 is 20.4 Å². The first-order valence-electron chi connectivity index (χ1n) is 8.85. The SMILES string of the molecule is CN(CC(=O)NC(C)(C)C)C(=O)CNc1ccccc1N1CCCC1=O. The van der Waals surface area contributed by atoms with Gasteiger partial charge in [0, 0.05) is 25.6 Å². The summed E-state index contributed by atoms with van der Waals surface area (Å²) in [5.74, 6) is -0.297. The van der Waals surface area contributed by atoms with Crippen LogP contribution < -0.4 is 15.5 Å². The molecule has 0 aliphatic carbocycles. The van der Waals surface area contributed by atoms with Gasteiger partial charge in [0.1, 0.15) is 0 Å². The zero-order chi connectivity index (χ0) is 19.3. The van der Waals surface area contributed by atoms with Crippen LogP contribution in [0.25, 0.3) is 0 Å². The molecular weight excluding hydrogens is 332 g/mol. The van der Waals surface area contributed by atoms with Gasteiger partial charge in [-0.15, -0.1) is 0 Å². The van der Waals surface area contributed by atoms with Gasteiger partial charge in [-0.2, -0.15) is 0 Å². The molecule has 26 heavy (non-hydrogen) atoms. The zero-order valence-corrected chi connectivity index (χ0v) is 16.0. The highest BCUT2D eigenvalue weighted by atomic mass is 16.2. The lowest BCUT2D eigenvalue weighted by molar-refractivity contribution is -0.133. The first kappa shape index (κ1) is 19.8. The van der Waals surface area contributed by atoms with Crippen molar-refractivity contribution < 1.29 is 14.4 Å². The number of hydrogen-bond acceptors (Lipinski definition) is 4. The number of hydrogen-bond donors (Lipinski definition) is 2. The summed E-state index contributed by atoms with van der Waals surface area (Å²) in [6.45, 7) is 6.43. The van der Waals surface area contributed by atoms with Gasteiger partial charge in [-0.1, -0.05) is 12.1 Å². The Morgan fingerprint density at radius 1 is 1.23 bits per heavy atom. The molecule has 0 atom stereocenters. The quantitative estimate of drug-likeness (QED) is 0.807. The number of para-hydroxylation sites is 2. The van der Waals surface area contributed by atoms with Gasteiger partial charge in [0.05, 0.1) is 24.5 Å². The van der Waals surface area contributed by atoms with Crippen LogP contribution in [0.5, 0.6) is 0 Å². The number of rotatable bonds is 6. The van der Waals surface area contributed by atoms with E-state index >= 15 is 0 Å². The summed E-state index contributed by atoms with van der Waals surface area (Å²) in [6.07, 6.45) is 1.40. The van der Waals surface area contributed by atoms with Crippen molar-refractivity contribution >= 4 is 29.1 Å². The van der Waals surface area contributed by atoms with Crippen molar-refractivity contribution in [3.63, 3.8) is 0 Å². The second-order valence-electron chi connectivity index (χ2n) is 7.57. The number of anilines is 2. The van der Waals surface area contributed by atoms with E-state index in [-0.39, 0.29) is 36.3 Å². The van der Waals surface area contributed by atoms with Crippen molar-refractivity contribution in [2.45, 2.75) is 39.2 Å². The van der Waals surface area contributed by atoms with Crippen molar-refractivity contribution in [1.82, 2.24) is 10.2 Å². The van der Waals surface area contributed by atoms with Crippen LogP contribution in [0.4, 0.5) is 11.4 Å². The fourth-order valence-corrected chi connectivity index (χ4v) is 2.83. The molecule has 0 radical (unpaired) electrons. The topological polar surface area (TPSA) is 81.8 Å². The summed E-state index contributed by atoms with van der Waals surface area (Å²) in [6, 6.07) is 7.45. The number of nitrogens with zero attached hydrogens (tertiary/aromatic N) is 2. The molecule has 0 spiro atoms. The van der Waals surface area contributed by atoms with Gasteiger partial charge in [0.15, 0.2) is 0 Å². The van der Waals surface area contributed by atoms with E-state index in [1.54, 1.807) is 11.9 Å². The maximum absolute atomic E-state index is 12.3. The van der Waals surface area contributed by atoms with Crippen LogP contribution in [0, 0.1) is 0 Å². The third kappa shape index (κ3) is 5.47. The fourth-order valence-electron chi connectivity index (χ4n) is 2.83. The standard InChI is InChI=1S/C19H28N4O3/c1-19(2,3)21-16(24)13-22(4)18(26)12-20-14-8-5-6-9-15(14)23-11-7-10-17(23)25/h5-6,8-9,20H,7,10-13H2,1-4H3,(H,21,24). The normalized spacial score (nSPS) is 14.3. The van der Waals surface area contributed by atoms with Crippen LogP contribution in [0.1, 0.15) is 33.6 Å². The predicted molar refractivity (Wildman–Crippen MR) is 102 cm³/mol. The molecule has 0 bridgehead atoms. The number of carbonyl (C=O) groups excluding carboxylic acids is 3. The van der Waals surface area contributed by atoms with Gasteiger partial charge >= 0.3 is 0 Å². The number of likely N-dealkylation sites (N-methyl/N-ethyl adjacent to an activating group) is 1. The predicted octanol–water partition coefficient (Wildman–Crippen LogP) is 1.60.